The van der Waals surface area contributed by atoms with Crippen molar-refractivity contribution in [2.45, 2.75) is 26.3 Å². The Morgan fingerprint density at radius 1 is 1.07 bits per heavy atom. The number of benzene rings is 2. The number of hydrogen-bond donors (Lipinski definition) is 2. The number of piperidine rings is 1. The van der Waals surface area contributed by atoms with E-state index in [0.717, 1.165) is 32.5 Å². The number of ether oxygens (including phenoxy) is 1. The maximum Gasteiger partial charge on any atom is 0.255 e. The summed E-state index contributed by atoms with van der Waals surface area (Å²) >= 11 is 0. The summed E-state index contributed by atoms with van der Waals surface area (Å²) < 4.78 is 5.23. The van der Waals surface area contributed by atoms with E-state index in [9.17, 15) is 9.59 Å². The molecule has 0 aliphatic carbocycles. The van der Waals surface area contributed by atoms with Crippen molar-refractivity contribution in [1.82, 2.24) is 4.90 Å². The average molecular weight is 381 g/mol. The molecular formula is C22H27N3O3. The molecule has 0 unspecified atom stereocenters. The van der Waals surface area contributed by atoms with Crippen molar-refractivity contribution in [3.8, 4) is 5.75 Å². The van der Waals surface area contributed by atoms with Gasteiger partial charge in [-0.25, -0.2) is 0 Å². The van der Waals surface area contributed by atoms with Gasteiger partial charge in [-0.15, -0.1) is 0 Å². The van der Waals surface area contributed by atoms with Crippen molar-refractivity contribution in [2.75, 3.05) is 25.0 Å². The number of rotatable bonds is 7. The number of hydrogen-bond acceptors (Lipinski definition) is 4. The fourth-order valence-corrected chi connectivity index (χ4v) is 3.34. The lowest BCUT2D eigenvalue weighted by atomic mass is 9.79. The molecule has 0 aromatic heterocycles. The van der Waals surface area contributed by atoms with Gasteiger partial charge in [0.05, 0.1) is 0 Å². The third kappa shape index (κ3) is 5.33. The molecule has 0 radical (unpaired) electrons. The van der Waals surface area contributed by atoms with Crippen LogP contribution in [0.2, 0.25) is 0 Å². The number of amides is 2. The van der Waals surface area contributed by atoms with E-state index < -0.39 is 5.91 Å². The highest BCUT2D eigenvalue weighted by Crippen LogP contribution is 2.33. The van der Waals surface area contributed by atoms with E-state index in [-0.39, 0.29) is 17.9 Å². The molecule has 1 saturated heterocycles. The lowest BCUT2D eigenvalue weighted by Gasteiger charge is -2.38. The minimum Gasteiger partial charge on any atom is -0.484 e. The first-order valence-electron chi connectivity index (χ1n) is 9.53. The van der Waals surface area contributed by atoms with Gasteiger partial charge in [-0.2, -0.15) is 0 Å². The Morgan fingerprint density at radius 3 is 2.32 bits per heavy atom. The summed E-state index contributed by atoms with van der Waals surface area (Å²) in [5, 5.41) is 3.00. The molecule has 3 rings (SSSR count). The highest BCUT2D eigenvalue weighted by molar-refractivity contribution is 5.95. The van der Waals surface area contributed by atoms with Crippen LogP contribution in [0.25, 0.3) is 0 Å². The van der Waals surface area contributed by atoms with Gasteiger partial charge in [0.2, 0.25) is 5.91 Å². The number of carbonyl (C=O) groups excluding carboxylic acids is 2. The van der Waals surface area contributed by atoms with Crippen LogP contribution in [0.4, 0.5) is 5.69 Å². The topological polar surface area (TPSA) is 84.7 Å². The number of nitrogens with zero attached hydrogens (tertiary/aromatic N) is 1. The van der Waals surface area contributed by atoms with E-state index in [1.165, 1.54) is 5.56 Å². The van der Waals surface area contributed by atoms with E-state index in [0.29, 0.717) is 11.4 Å². The normalized spacial score (nSPS) is 16.3. The molecule has 2 amide bonds. The quantitative estimate of drug-likeness (QED) is 0.772. The second-order valence-corrected chi connectivity index (χ2v) is 7.56. The summed E-state index contributed by atoms with van der Waals surface area (Å²) in [4.78, 5) is 26.0. The van der Waals surface area contributed by atoms with E-state index in [2.05, 4.69) is 34.5 Å². The number of nitrogens with one attached hydrogen (secondary N) is 1. The van der Waals surface area contributed by atoms with E-state index in [1.54, 1.807) is 24.3 Å². The van der Waals surface area contributed by atoms with Crippen molar-refractivity contribution in [1.29, 1.82) is 0 Å². The Labute approximate surface area is 165 Å². The van der Waals surface area contributed by atoms with Crippen molar-refractivity contribution in [2.24, 2.45) is 11.1 Å². The second-order valence-electron chi connectivity index (χ2n) is 7.56. The Bertz CT molecular complexity index is 798. The maximum atomic E-state index is 12.8. The van der Waals surface area contributed by atoms with Crippen molar-refractivity contribution in [3.05, 3.63) is 60.2 Å². The molecule has 1 aliphatic rings. The fraction of sp³-hybridized carbons (Fsp3) is 0.364. The summed E-state index contributed by atoms with van der Waals surface area (Å²) in [6, 6.07) is 17.4. The van der Waals surface area contributed by atoms with Crippen LogP contribution in [0, 0.1) is 5.41 Å². The first-order valence-corrected chi connectivity index (χ1v) is 9.53. The SMILES string of the molecule is CC1(C(=O)Nc2ccc(OCC(N)=O)cc2)CCN(Cc2ccccc2)CC1. The zero-order chi connectivity index (χ0) is 20.0. The number of primary amides is 1. The Morgan fingerprint density at radius 2 is 1.71 bits per heavy atom. The van der Waals surface area contributed by atoms with E-state index in [1.807, 2.05) is 13.0 Å². The van der Waals surface area contributed by atoms with Crippen molar-refractivity contribution >= 4 is 17.5 Å². The monoisotopic (exact) mass is 381 g/mol. The van der Waals surface area contributed by atoms with Crippen LogP contribution in [0.15, 0.2) is 54.6 Å². The zero-order valence-electron chi connectivity index (χ0n) is 16.2. The average Bonchev–Trinajstić information content (AvgIpc) is 2.70. The molecule has 6 heteroatoms. The molecule has 0 saturated carbocycles. The number of likely N-dealkylation sites (tertiary alicyclic amines) is 1. The van der Waals surface area contributed by atoms with Crippen LogP contribution in [0.1, 0.15) is 25.3 Å². The molecule has 1 heterocycles. The molecular weight excluding hydrogens is 354 g/mol. The molecule has 0 spiro atoms. The van der Waals surface area contributed by atoms with Crippen LogP contribution < -0.4 is 15.8 Å². The summed E-state index contributed by atoms with van der Waals surface area (Å²) in [5.41, 5.74) is 6.69. The lowest BCUT2D eigenvalue weighted by Crippen LogP contribution is -2.44. The first kappa shape index (κ1) is 19.9. The van der Waals surface area contributed by atoms with E-state index in [4.69, 9.17) is 10.5 Å². The predicted octanol–water partition coefficient (Wildman–Crippen LogP) is 2.79. The number of nitrogens with two attached hydrogens (primary N) is 1. The maximum absolute atomic E-state index is 12.8. The molecule has 0 bridgehead atoms. The zero-order valence-corrected chi connectivity index (χ0v) is 16.2. The van der Waals surface area contributed by atoms with Gasteiger partial charge >= 0.3 is 0 Å². The van der Waals surface area contributed by atoms with Crippen LogP contribution >= 0.6 is 0 Å². The van der Waals surface area contributed by atoms with Gasteiger partial charge < -0.3 is 15.8 Å². The minimum absolute atomic E-state index is 0.0395. The van der Waals surface area contributed by atoms with Crippen molar-refractivity contribution < 1.29 is 14.3 Å². The van der Waals surface area contributed by atoms with Gasteiger partial charge in [-0.05, 0) is 55.8 Å². The molecule has 6 nitrogen and oxygen atoms in total. The number of anilines is 1. The van der Waals surface area contributed by atoms with Gasteiger partial charge in [-0.3, -0.25) is 14.5 Å². The summed E-state index contributed by atoms with van der Waals surface area (Å²) in [5.74, 6) is 0.0545. The first-order chi connectivity index (χ1) is 13.4. The molecule has 28 heavy (non-hydrogen) atoms. The Kier molecular flexibility index (Phi) is 6.31. The van der Waals surface area contributed by atoms with Crippen LogP contribution in [-0.2, 0) is 16.1 Å². The molecule has 0 atom stereocenters. The number of carbonyl (C=O) groups is 2. The van der Waals surface area contributed by atoms with Crippen LogP contribution in [0.5, 0.6) is 5.75 Å². The standard InChI is InChI=1S/C22H27N3O3/c1-22(11-13-25(14-12-22)15-17-5-3-2-4-6-17)21(27)24-18-7-9-19(10-8-18)28-16-20(23)26/h2-10H,11-16H2,1H3,(H2,23,26)(H,24,27). The van der Waals surface area contributed by atoms with Gasteiger partial charge in [0.25, 0.3) is 5.91 Å². The Balaban J connectivity index is 1.51. The smallest absolute Gasteiger partial charge is 0.255 e. The molecule has 2 aromatic rings. The van der Waals surface area contributed by atoms with Crippen molar-refractivity contribution in [3.63, 3.8) is 0 Å². The molecule has 1 fully saturated rings. The Hall–Kier alpha value is -2.86. The van der Waals surface area contributed by atoms with Gasteiger partial charge in [0.15, 0.2) is 6.61 Å². The van der Waals surface area contributed by atoms with Gasteiger partial charge in [-0.1, -0.05) is 37.3 Å². The minimum atomic E-state index is -0.524. The summed E-state index contributed by atoms with van der Waals surface area (Å²) in [7, 11) is 0. The summed E-state index contributed by atoms with van der Waals surface area (Å²) in [6.45, 7) is 4.60. The molecule has 2 aromatic carbocycles. The predicted molar refractivity (Wildman–Crippen MR) is 109 cm³/mol. The third-order valence-corrected chi connectivity index (χ3v) is 5.25. The molecule has 3 N–H and O–H groups in total. The van der Waals surface area contributed by atoms with Crippen LogP contribution in [0.3, 0.4) is 0 Å². The molecule has 148 valence electrons. The van der Waals surface area contributed by atoms with Gasteiger partial charge in [0, 0.05) is 17.6 Å². The fourth-order valence-electron chi connectivity index (χ4n) is 3.34. The summed E-state index contributed by atoms with van der Waals surface area (Å²) in [6.07, 6.45) is 1.65. The van der Waals surface area contributed by atoms with Crippen LogP contribution in [-0.4, -0.2) is 36.4 Å². The highest BCUT2D eigenvalue weighted by atomic mass is 16.5. The van der Waals surface area contributed by atoms with Gasteiger partial charge in [0.1, 0.15) is 5.75 Å². The third-order valence-electron chi connectivity index (χ3n) is 5.25. The van der Waals surface area contributed by atoms with E-state index >= 15 is 0 Å². The second kappa shape index (κ2) is 8.89. The lowest BCUT2D eigenvalue weighted by molar-refractivity contribution is -0.127. The largest absolute Gasteiger partial charge is 0.484 e. The molecule has 1 aliphatic heterocycles. The highest BCUT2D eigenvalue weighted by Gasteiger charge is 2.36.